The van der Waals surface area contributed by atoms with Gasteiger partial charge in [-0.3, -0.25) is 4.21 Å². The van der Waals surface area contributed by atoms with Gasteiger partial charge in [0, 0.05) is 12.7 Å². The first-order chi connectivity index (χ1) is 6.88. The molecule has 2 rings (SSSR count). The van der Waals surface area contributed by atoms with Gasteiger partial charge in [-0.2, -0.15) is 0 Å². The number of aromatic nitrogens is 1. The van der Waals surface area contributed by atoms with E-state index in [-0.39, 0.29) is 5.25 Å². The Morgan fingerprint density at radius 3 is 3.07 bits per heavy atom. The van der Waals surface area contributed by atoms with E-state index < -0.39 is 10.8 Å². The van der Waals surface area contributed by atoms with Gasteiger partial charge < -0.3 is 5.32 Å². The van der Waals surface area contributed by atoms with Gasteiger partial charge in [-0.15, -0.1) is 0 Å². The normalized spacial score (nSPS) is 24.4. The fraction of sp³-hybridized carbons (Fsp3) is 0.500. The third-order valence-corrected chi connectivity index (χ3v) is 4.06. The lowest BCUT2D eigenvalue weighted by Crippen LogP contribution is -2.36. The van der Waals surface area contributed by atoms with Crippen LogP contribution in [0, 0.1) is 0 Å². The van der Waals surface area contributed by atoms with Crippen LogP contribution in [0.25, 0.3) is 0 Å². The molecule has 0 saturated carbocycles. The number of pyridine rings is 1. The molecule has 0 bridgehead atoms. The van der Waals surface area contributed by atoms with Crippen molar-refractivity contribution in [3.05, 3.63) is 24.4 Å². The molecule has 1 aliphatic rings. The molecular weight excluding hydrogens is 196 g/mol. The van der Waals surface area contributed by atoms with Crippen LogP contribution in [-0.4, -0.2) is 27.5 Å². The number of hydrogen-bond donors (Lipinski definition) is 1. The zero-order valence-electron chi connectivity index (χ0n) is 7.98. The Labute approximate surface area is 86.4 Å². The van der Waals surface area contributed by atoms with Crippen LogP contribution >= 0.6 is 0 Å². The molecule has 3 nitrogen and oxygen atoms in total. The molecule has 1 N–H and O–H groups in total. The fourth-order valence-electron chi connectivity index (χ4n) is 1.64. The fourth-order valence-corrected chi connectivity index (χ4v) is 3.01. The molecule has 1 aromatic rings. The quantitative estimate of drug-likeness (QED) is 0.790. The highest BCUT2D eigenvalue weighted by Gasteiger charge is 2.21. The van der Waals surface area contributed by atoms with Crippen molar-refractivity contribution in [1.29, 1.82) is 0 Å². The van der Waals surface area contributed by atoms with Crippen molar-refractivity contribution in [2.24, 2.45) is 0 Å². The third-order valence-electron chi connectivity index (χ3n) is 2.40. The Bertz CT molecular complexity index is 309. The molecule has 1 saturated heterocycles. The molecule has 2 heterocycles. The summed E-state index contributed by atoms with van der Waals surface area (Å²) in [6, 6.07) is 5.57. The van der Waals surface area contributed by atoms with E-state index in [0.717, 1.165) is 25.9 Å². The Kier molecular flexibility index (Phi) is 3.26. The lowest BCUT2D eigenvalue weighted by molar-refractivity contribution is 0.519. The lowest BCUT2D eigenvalue weighted by atomic mass is 10.2. The summed E-state index contributed by atoms with van der Waals surface area (Å²) in [7, 11) is -0.943. The molecule has 14 heavy (non-hydrogen) atoms. The average Bonchev–Trinajstić information content (AvgIpc) is 2.30. The maximum absolute atomic E-state index is 12.0. The summed E-state index contributed by atoms with van der Waals surface area (Å²) >= 11 is 0. The molecule has 0 radical (unpaired) electrons. The van der Waals surface area contributed by atoms with Gasteiger partial charge in [-0.25, -0.2) is 4.98 Å². The highest BCUT2D eigenvalue weighted by atomic mass is 32.2. The monoisotopic (exact) mass is 210 g/mol. The molecular formula is C10H14N2OS. The number of rotatable bonds is 2. The van der Waals surface area contributed by atoms with Gasteiger partial charge >= 0.3 is 0 Å². The van der Waals surface area contributed by atoms with E-state index >= 15 is 0 Å². The van der Waals surface area contributed by atoms with E-state index in [2.05, 4.69) is 10.3 Å². The zero-order chi connectivity index (χ0) is 9.80. The SMILES string of the molecule is O=[S@](c1ccccn1)[C@@H]1CCCNC1. The van der Waals surface area contributed by atoms with Crippen molar-refractivity contribution in [2.45, 2.75) is 23.1 Å². The molecule has 76 valence electrons. The van der Waals surface area contributed by atoms with Crippen LogP contribution < -0.4 is 5.32 Å². The van der Waals surface area contributed by atoms with Gasteiger partial charge in [0.15, 0.2) is 0 Å². The van der Waals surface area contributed by atoms with Gasteiger partial charge in [-0.1, -0.05) is 6.07 Å². The van der Waals surface area contributed by atoms with Crippen molar-refractivity contribution < 1.29 is 4.21 Å². The molecule has 4 heteroatoms. The molecule has 2 atom stereocenters. The Balaban J connectivity index is 2.07. The average molecular weight is 210 g/mol. The van der Waals surface area contributed by atoms with Crippen LogP contribution in [0.1, 0.15) is 12.8 Å². The summed E-state index contributed by atoms with van der Waals surface area (Å²) in [5.41, 5.74) is 0. The predicted octanol–water partition coefficient (Wildman–Crippen LogP) is 0.941. The van der Waals surface area contributed by atoms with Crippen molar-refractivity contribution in [3.8, 4) is 0 Å². The van der Waals surface area contributed by atoms with Gasteiger partial charge in [0.2, 0.25) is 0 Å². The molecule has 0 aromatic carbocycles. The molecule has 0 spiro atoms. The van der Waals surface area contributed by atoms with E-state index in [1.807, 2.05) is 18.2 Å². The molecule has 1 aromatic heterocycles. The van der Waals surface area contributed by atoms with Gasteiger partial charge in [0.05, 0.1) is 16.0 Å². The molecule has 0 amide bonds. The number of piperidine rings is 1. The Morgan fingerprint density at radius 2 is 2.43 bits per heavy atom. The minimum atomic E-state index is -0.943. The second-order valence-electron chi connectivity index (χ2n) is 3.43. The van der Waals surface area contributed by atoms with Crippen LogP contribution in [-0.2, 0) is 10.8 Å². The summed E-state index contributed by atoms with van der Waals surface area (Å²) in [6.07, 6.45) is 3.85. The van der Waals surface area contributed by atoms with Crippen molar-refractivity contribution in [3.63, 3.8) is 0 Å². The molecule has 1 fully saturated rings. The van der Waals surface area contributed by atoms with Crippen molar-refractivity contribution in [2.75, 3.05) is 13.1 Å². The van der Waals surface area contributed by atoms with E-state index in [0.29, 0.717) is 5.03 Å². The third kappa shape index (κ3) is 2.19. The first kappa shape index (κ1) is 9.80. The summed E-state index contributed by atoms with van der Waals surface area (Å²) in [6.45, 7) is 1.90. The van der Waals surface area contributed by atoms with Crippen LogP contribution in [0.4, 0.5) is 0 Å². The first-order valence-electron chi connectivity index (χ1n) is 4.90. The largest absolute Gasteiger partial charge is 0.316 e. The predicted molar refractivity (Wildman–Crippen MR) is 56.5 cm³/mol. The van der Waals surface area contributed by atoms with Gasteiger partial charge in [0.1, 0.15) is 5.03 Å². The van der Waals surface area contributed by atoms with Gasteiger partial charge in [-0.05, 0) is 31.5 Å². The number of nitrogens with one attached hydrogen (secondary N) is 1. The summed E-state index contributed by atoms with van der Waals surface area (Å²) < 4.78 is 12.0. The van der Waals surface area contributed by atoms with E-state index in [4.69, 9.17) is 0 Å². The summed E-state index contributed by atoms with van der Waals surface area (Å²) in [4.78, 5) is 4.13. The molecule has 0 unspecified atom stereocenters. The van der Waals surface area contributed by atoms with Crippen molar-refractivity contribution >= 4 is 10.8 Å². The van der Waals surface area contributed by atoms with E-state index in [1.54, 1.807) is 6.20 Å². The Hall–Kier alpha value is -0.740. The maximum Gasteiger partial charge on any atom is 0.127 e. The van der Waals surface area contributed by atoms with Gasteiger partial charge in [0.25, 0.3) is 0 Å². The van der Waals surface area contributed by atoms with E-state index in [9.17, 15) is 4.21 Å². The highest BCUT2D eigenvalue weighted by Crippen LogP contribution is 2.14. The minimum Gasteiger partial charge on any atom is -0.316 e. The second-order valence-corrected chi connectivity index (χ2v) is 5.11. The van der Waals surface area contributed by atoms with Crippen molar-refractivity contribution in [1.82, 2.24) is 10.3 Å². The lowest BCUT2D eigenvalue weighted by Gasteiger charge is -2.21. The number of nitrogens with zero attached hydrogens (tertiary/aromatic N) is 1. The molecule has 1 aliphatic heterocycles. The first-order valence-corrected chi connectivity index (χ1v) is 6.11. The summed E-state index contributed by atoms with van der Waals surface area (Å²) in [5.74, 6) is 0. The minimum absolute atomic E-state index is 0.235. The standard InChI is InChI=1S/C10H14N2OS/c13-14(9-4-3-6-11-8-9)10-5-1-2-7-12-10/h1-2,5,7,9,11H,3-4,6,8H2/t9-,14+/m1/s1. The summed E-state index contributed by atoms with van der Waals surface area (Å²) in [5, 5.41) is 4.21. The zero-order valence-corrected chi connectivity index (χ0v) is 8.80. The van der Waals surface area contributed by atoms with Crippen LogP contribution in [0.5, 0.6) is 0 Å². The van der Waals surface area contributed by atoms with Crippen LogP contribution in [0.2, 0.25) is 0 Å². The topological polar surface area (TPSA) is 42.0 Å². The second kappa shape index (κ2) is 4.66. The highest BCUT2D eigenvalue weighted by molar-refractivity contribution is 7.85. The number of hydrogen-bond acceptors (Lipinski definition) is 3. The Morgan fingerprint density at radius 1 is 1.50 bits per heavy atom. The maximum atomic E-state index is 12.0. The van der Waals surface area contributed by atoms with Crippen LogP contribution in [0.3, 0.4) is 0 Å². The van der Waals surface area contributed by atoms with E-state index in [1.165, 1.54) is 0 Å². The smallest absolute Gasteiger partial charge is 0.127 e. The van der Waals surface area contributed by atoms with Crippen LogP contribution in [0.15, 0.2) is 29.4 Å². The molecule has 0 aliphatic carbocycles.